The summed E-state index contributed by atoms with van der Waals surface area (Å²) in [5.41, 5.74) is 8.74. The molecule has 0 aliphatic carbocycles. The number of fused-ring (bicyclic) bond motifs is 3. The van der Waals surface area contributed by atoms with Crippen LogP contribution < -0.4 is 0 Å². The van der Waals surface area contributed by atoms with Gasteiger partial charge in [0.05, 0.1) is 0 Å². The number of furan rings is 1. The SMILES string of the molecule is Clc1ccc(-c2cc(-c3ccc4oc5ccccc5c4c3)ccc2-c2ccccc2)c(Br)c1. The fourth-order valence-electron chi connectivity index (χ4n) is 4.43. The molecule has 158 valence electrons. The Bertz CT molecular complexity index is 1630. The summed E-state index contributed by atoms with van der Waals surface area (Å²) in [5.74, 6) is 0. The number of rotatable bonds is 3. The minimum atomic E-state index is 0.709. The van der Waals surface area contributed by atoms with Gasteiger partial charge >= 0.3 is 0 Å². The lowest BCUT2D eigenvalue weighted by atomic mass is 9.91. The molecule has 3 heteroatoms. The molecule has 5 aromatic carbocycles. The summed E-state index contributed by atoms with van der Waals surface area (Å²) in [4.78, 5) is 0. The van der Waals surface area contributed by atoms with Crippen molar-refractivity contribution in [3.05, 3.63) is 119 Å². The highest BCUT2D eigenvalue weighted by molar-refractivity contribution is 9.10. The third-order valence-corrected chi connectivity index (χ3v) is 6.93. The quantitative estimate of drug-likeness (QED) is 0.231. The van der Waals surface area contributed by atoms with E-state index in [1.54, 1.807) is 0 Å². The van der Waals surface area contributed by atoms with Crippen LogP contribution in [0.2, 0.25) is 5.02 Å². The lowest BCUT2D eigenvalue weighted by molar-refractivity contribution is 0.669. The molecule has 0 aliphatic heterocycles. The van der Waals surface area contributed by atoms with E-state index in [0.717, 1.165) is 48.7 Å². The fourth-order valence-corrected chi connectivity index (χ4v) is 5.33. The average Bonchev–Trinajstić information content (AvgIpc) is 3.22. The highest BCUT2D eigenvalue weighted by Crippen LogP contribution is 2.40. The van der Waals surface area contributed by atoms with Crippen LogP contribution >= 0.6 is 27.5 Å². The van der Waals surface area contributed by atoms with Gasteiger partial charge in [-0.2, -0.15) is 0 Å². The zero-order valence-corrected chi connectivity index (χ0v) is 19.9. The van der Waals surface area contributed by atoms with Gasteiger partial charge in [0, 0.05) is 20.3 Å². The average molecular weight is 510 g/mol. The summed E-state index contributed by atoms with van der Waals surface area (Å²) < 4.78 is 6.99. The van der Waals surface area contributed by atoms with E-state index < -0.39 is 0 Å². The molecular weight excluding hydrogens is 492 g/mol. The molecule has 6 aromatic rings. The molecule has 1 aromatic heterocycles. The van der Waals surface area contributed by atoms with E-state index in [-0.39, 0.29) is 0 Å². The standard InChI is InChI=1S/C30H18BrClO/c31-28-18-22(32)12-14-24(28)26-16-20(10-13-23(26)19-6-2-1-3-7-19)21-11-15-30-27(17-21)25-8-4-5-9-29(25)33-30/h1-18H. The number of para-hydroxylation sites is 1. The highest BCUT2D eigenvalue weighted by atomic mass is 79.9. The molecule has 0 amide bonds. The largest absolute Gasteiger partial charge is 0.456 e. The van der Waals surface area contributed by atoms with Crippen molar-refractivity contribution in [3.8, 4) is 33.4 Å². The molecule has 6 rings (SSSR count). The van der Waals surface area contributed by atoms with E-state index in [1.165, 1.54) is 11.1 Å². The van der Waals surface area contributed by atoms with E-state index in [4.69, 9.17) is 16.0 Å². The Morgan fingerprint density at radius 1 is 0.515 bits per heavy atom. The molecule has 1 heterocycles. The van der Waals surface area contributed by atoms with Crippen molar-refractivity contribution in [2.75, 3.05) is 0 Å². The number of hydrogen-bond acceptors (Lipinski definition) is 1. The Hall–Kier alpha value is -3.33. The third-order valence-electron chi connectivity index (χ3n) is 6.04. The van der Waals surface area contributed by atoms with Crippen LogP contribution in [-0.4, -0.2) is 0 Å². The minimum absolute atomic E-state index is 0.709. The molecule has 0 radical (unpaired) electrons. The molecule has 0 bridgehead atoms. The van der Waals surface area contributed by atoms with E-state index in [0.29, 0.717) is 5.02 Å². The van der Waals surface area contributed by atoms with Crippen LogP contribution in [-0.2, 0) is 0 Å². The maximum atomic E-state index is 6.24. The molecule has 0 saturated heterocycles. The van der Waals surface area contributed by atoms with Gasteiger partial charge in [0.25, 0.3) is 0 Å². The molecule has 0 spiro atoms. The van der Waals surface area contributed by atoms with E-state index >= 15 is 0 Å². The normalized spacial score (nSPS) is 11.3. The molecule has 0 aliphatic rings. The minimum Gasteiger partial charge on any atom is -0.456 e. The first-order valence-corrected chi connectivity index (χ1v) is 11.9. The van der Waals surface area contributed by atoms with E-state index in [2.05, 4.69) is 94.8 Å². The van der Waals surface area contributed by atoms with Crippen molar-refractivity contribution < 1.29 is 4.42 Å². The van der Waals surface area contributed by atoms with Crippen LogP contribution in [0.4, 0.5) is 0 Å². The van der Waals surface area contributed by atoms with Crippen LogP contribution in [0.3, 0.4) is 0 Å². The highest BCUT2D eigenvalue weighted by Gasteiger charge is 2.14. The topological polar surface area (TPSA) is 13.1 Å². The van der Waals surface area contributed by atoms with Crippen LogP contribution in [0.1, 0.15) is 0 Å². The van der Waals surface area contributed by atoms with Gasteiger partial charge in [-0.25, -0.2) is 0 Å². The Balaban J connectivity index is 1.57. The monoisotopic (exact) mass is 508 g/mol. The van der Waals surface area contributed by atoms with Crippen molar-refractivity contribution in [2.24, 2.45) is 0 Å². The lowest BCUT2D eigenvalue weighted by Gasteiger charge is -2.15. The van der Waals surface area contributed by atoms with Gasteiger partial charge < -0.3 is 4.42 Å². The van der Waals surface area contributed by atoms with Gasteiger partial charge in [-0.05, 0) is 69.8 Å². The fraction of sp³-hybridized carbons (Fsp3) is 0. The summed E-state index contributed by atoms with van der Waals surface area (Å²) in [6.07, 6.45) is 0. The molecular formula is C30H18BrClO. The van der Waals surface area contributed by atoms with Crippen LogP contribution in [0.25, 0.3) is 55.3 Å². The summed E-state index contributed by atoms with van der Waals surface area (Å²) in [6, 6.07) is 37.7. The van der Waals surface area contributed by atoms with Crippen molar-refractivity contribution in [1.29, 1.82) is 0 Å². The Kier molecular flexibility index (Phi) is 5.05. The maximum absolute atomic E-state index is 6.24. The zero-order valence-electron chi connectivity index (χ0n) is 17.6. The van der Waals surface area contributed by atoms with Gasteiger partial charge in [-0.3, -0.25) is 0 Å². The van der Waals surface area contributed by atoms with Crippen molar-refractivity contribution >= 4 is 49.5 Å². The molecule has 0 unspecified atom stereocenters. The van der Waals surface area contributed by atoms with Crippen LogP contribution in [0.5, 0.6) is 0 Å². The summed E-state index contributed by atoms with van der Waals surface area (Å²) in [7, 11) is 0. The molecule has 1 nitrogen and oxygen atoms in total. The summed E-state index contributed by atoms with van der Waals surface area (Å²) in [5, 5.41) is 2.97. The second-order valence-corrected chi connectivity index (χ2v) is 9.35. The van der Waals surface area contributed by atoms with Crippen LogP contribution in [0, 0.1) is 0 Å². The summed E-state index contributed by atoms with van der Waals surface area (Å²) in [6.45, 7) is 0. The van der Waals surface area contributed by atoms with E-state index in [1.807, 2.05) is 30.3 Å². The predicted molar refractivity (Wildman–Crippen MR) is 143 cm³/mol. The zero-order chi connectivity index (χ0) is 22.4. The van der Waals surface area contributed by atoms with Crippen molar-refractivity contribution in [3.63, 3.8) is 0 Å². The molecule has 33 heavy (non-hydrogen) atoms. The first-order valence-electron chi connectivity index (χ1n) is 10.7. The van der Waals surface area contributed by atoms with Crippen molar-refractivity contribution in [1.82, 2.24) is 0 Å². The lowest BCUT2D eigenvalue weighted by Crippen LogP contribution is -1.89. The number of hydrogen-bond donors (Lipinski definition) is 0. The van der Waals surface area contributed by atoms with E-state index in [9.17, 15) is 0 Å². The van der Waals surface area contributed by atoms with Crippen molar-refractivity contribution in [2.45, 2.75) is 0 Å². The maximum Gasteiger partial charge on any atom is 0.135 e. The molecule has 0 saturated carbocycles. The van der Waals surface area contributed by atoms with Gasteiger partial charge in [-0.15, -0.1) is 0 Å². The molecule has 0 fully saturated rings. The first-order chi connectivity index (χ1) is 16.2. The van der Waals surface area contributed by atoms with Gasteiger partial charge in [0.1, 0.15) is 11.2 Å². The Morgan fingerprint density at radius 3 is 2.06 bits per heavy atom. The molecule has 0 N–H and O–H groups in total. The second kappa shape index (κ2) is 8.22. The first kappa shape index (κ1) is 20.3. The van der Waals surface area contributed by atoms with Crippen LogP contribution in [0.15, 0.2) is 118 Å². The Morgan fingerprint density at radius 2 is 1.21 bits per heavy atom. The second-order valence-electron chi connectivity index (χ2n) is 8.06. The van der Waals surface area contributed by atoms with Gasteiger partial charge in [0.2, 0.25) is 0 Å². The third kappa shape index (κ3) is 3.66. The van der Waals surface area contributed by atoms with Gasteiger partial charge in [0.15, 0.2) is 0 Å². The predicted octanol–water partition coefficient (Wildman–Crippen LogP) is 10.0. The smallest absolute Gasteiger partial charge is 0.135 e. The number of benzene rings is 5. The molecule has 0 atom stereocenters. The van der Waals surface area contributed by atoms with Gasteiger partial charge in [-0.1, -0.05) is 100 Å². The Labute approximate surface area is 205 Å². The summed E-state index contributed by atoms with van der Waals surface area (Å²) >= 11 is 9.97. The number of halogens is 2.